The van der Waals surface area contributed by atoms with E-state index in [-0.39, 0.29) is 17.8 Å². The number of unbranched alkanes of at least 4 members (excludes halogenated alkanes) is 1. The van der Waals surface area contributed by atoms with Gasteiger partial charge in [0, 0.05) is 24.1 Å². The Kier molecular flexibility index (Phi) is 8.82. The van der Waals surface area contributed by atoms with Crippen molar-refractivity contribution in [3.8, 4) is 0 Å². The summed E-state index contributed by atoms with van der Waals surface area (Å²) in [5, 5.41) is 5.59. The number of carbonyl (C=O) groups is 3. The Labute approximate surface area is 155 Å². The molecule has 0 aliphatic heterocycles. The third kappa shape index (κ3) is 8.14. The molecule has 0 radical (unpaired) electrons. The van der Waals surface area contributed by atoms with Gasteiger partial charge in [0.1, 0.15) is 0 Å². The lowest BCUT2D eigenvalue weighted by molar-refractivity contribution is -0.128. The topological polar surface area (TPSA) is 84.5 Å². The minimum atomic E-state index is -0.429. The quantitative estimate of drug-likeness (QED) is 0.520. The van der Waals surface area contributed by atoms with Crippen LogP contribution in [0.25, 0.3) is 0 Å². The zero-order chi connectivity index (χ0) is 19.6. The molecule has 0 unspecified atom stereocenters. The molecule has 2 amide bonds. The molecule has 0 saturated carbocycles. The molecule has 144 valence electrons. The first-order valence-electron chi connectivity index (χ1n) is 9.09. The smallest absolute Gasteiger partial charge is 0.338 e. The second-order valence-electron chi connectivity index (χ2n) is 7.22. The fraction of sp³-hybridized carbons (Fsp3) is 0.550. The molecule has 2 N–H and O–H groups in total. The molecule has 0 bridgehead atoms. The van der Waals surface area contributed by atoms with Crippen molar-refractivity contribution in [3.05, 3.63) is 29.8 Å². The van der Waals surface area contributed by atoms with E-state index < -0.39 is 5.41 Å². The summed E-state index contributed by atoms with van der Waals surface area (Å²) in [5.41, 5.74) is 0.657. The predicted octanol–water partition coefficient (Wildman–Crippen LogP) is 3.52. The maximum atomic E-state index is 11.9. The molecule has 26 heavy (non-hydrogen) atoms. The molecule has 6 nitrogen and oxygen atoms in total. The lowest BCUT2D eigenvalue weighted by Gasteiger charge is -2.17. The summed E-state index contributed by atoms with van der Waals surface area (Å²) in [5.74, 6) is -0.515. The van der Waals surface area contributed by atoms with Crippen LogP contribution in [0.1, 0.15) is 63.7 Å². The van der Waals surface area contributed by atoms with E-state index in [9.17, 15) is 14.4 Å². The molecule has 0 aliphatic rings. The van der Waals surface area contributed by atoms with Crippen molar-refractivity contribution in [3.63, 3.8) is 0 Å². The first-order valence-corrected chi connectivity index (χ1v) is 9.09. The van der Waals surface area contributed by atoms with Crippen LogP contribution in [-0.2, 0) is 14.3 Å². The van der Waals surface area contributed by atoms with E-state index in [1.54, 1.807) is 24.3 Å². The molecule has 6 heteroatoms. The van der Waals surface area contributed by atoms with Crippen LogP contribution in [0.15, 0.2) is 24.3 Å². The molecule has 0 spiro atoms. The predicted molar refractivity (Wildman–Crippen MR) is 102 cm³/mol. The normalized spacial score (nSPS) is 10.9. The van der Waals surface area contributed by atoms with E-state index in [1.165, 1.54) is 0 Å². The molecule has 1 aromatic rings. The summed E-state index contributed by atoms with van der Waals surface area (Å²) in [4.78, 5) is 35.5. The average molecular weight is 362 g/mol. The number of esters is 1. The van der Waals surface area contributed by atoms with Gasteiger partial charge < -0.3 is 15.4 Å². The number of nitrogens with one attached hydrogen (secondary N) is 2. The number of benzene rings is 1. The van der Waals surface area contributed by atoms with Crippen molar-refractivity contribution in [2.75, 3.05) is 18.5 Å². The highest BCUT2D eigenvalue weighted by Gasteiger charge is 2.20. The van der Waals surface area contributed by atoms with Gasteiger partial charge in [-0.1, -0.05) is 34.1 Å². The lowest BCUT2D eigenvalue weighted by Crippen LogP contribution is -2.35. The fourth-order valence-corrected chi connectivity index (χ4v) is 2.02. The van der Waals surface area contributed by atoms with Crippen molar-refractivity contribution in [1.29, 1.82) is 0 Å². The molecule has 0 aliphatic carbocycles. The van der Waals surface area contributed by atoms with Crippen LogP contribution in [0.2, 0.25) is 0 Å². The van der Waals surface area contributed by atoms with Gasteiger partial charge in [-0.25, -0.2) is 4.79 Å². The third-order valence-electron chi connectivity index (χ3n) is 3.68. The highest BCUT2D eigenvalue weighted by atomic mass is 16.5. The van der Waals surface area contributed by atoms with E-state index in [4.69, 9.17) is 4.74 Å². The van der Waals surface area contributed by atoms with E-state index in [0.717, 1.165) is 12.8 Å². The minimum absolute atomic E-state index is 0.0284. The fourth-order valence-electron chi connectivity index (χ4n) is 2.02. The molecule has 1 aromatic carbocycles. The zero-order valence-corrected chi connectivity index (χ0v) is 16.2. The van der Waals surface area contributed by atoms with Crippen LogP contribution in [0.3, 0.4) is 0 Å². The first kappa shape index (κ1) is 21.7. The van der Waals surface area contributed by atoms with Crippen molar-refractivity contribution in [2.45, 2.75) is 53.4 Å². The van der Waals surface area contributed by atoms with Gasteiger partial charge in [0.2, 0.25) is 11.8 Å². The summed E-state index contributed by atoms with van der Waals surface area (Å²) in [7, 11) is 0. The van der Waals surface area contributed by atoms with Crippen LogP contribution in [0.5, 0.6) is 0 Å². The Morgan fingerprint density at radius 3 is 2.27 bits per heavy atom. The minimum Gasteiger partial charge on any atom is -0.462 e. The van der Waals surface area contributed by atoms with Crippen LogP contribution in [-0.4, -0.2) is 30.9 Å². The number of anilines is 1. The number of ether oxygens (including phenoxy) is 1. The summed E-state index contributed by atoms with van der Waals surface area (Å²) < 4.78 is 5.14. The van der Waals surface area contributed by atoms with E-state index in [1.807, 2.05) is 27.7 Å². The van der Waals surface area contributed by atoms with Crippen molar-refractivity contribution in [1.82, 2.24) is 5.32 Å². The Bertz CT molecular complexity index is 603. The van der Waals surface area contributed by atoms with Crippen LogP contribution < -0.4 is 10.6 Å². The lowest BCUT2D eigenvalue weighted by atomic mass is 9.96. The third-order valence-corrected chi connectivity index (χ3v) is 3.68. The molecule has 0 saturated heterocycles. The summed E-state index contributed by atoms with van der Waals surface area (Å²) in [6.07, 6.45) is 2.69. The largest absolute Gasteiger partial charge is 0.462 e. The van der Waals surface area contributed by atoms with Crippen LogP contribution in [0, 0.1) is 5.41 Å². The van der Waals surface area contributed by atoms with Gasteiger partial charge in [0.05, 0.1) is 12.2 Å². The highest BCUT2D eigenvalue weighted by Crippen LogP contribution is 2.13. The SMILES string of the molecule is CCCCOC(=O)c1ccc(NC(=O)CCCNC(=O)C(C)(C)C)cc1. The monoisotopic (exact) mass is 362 g/mol. The molecule has 0 fully saturated rings. The van der Waals surface area contributed by atoms with E-state index in [2.05, 4.69) is 10.6 Å². The van der Waals surface area contributed by atoms with Gasteiger partial charge in [-0.3, -0.25) is 9.59 Å². The maximum Gasteiger partial charge on any atom is 0.338 e. The molecule has 0 heterocycles. The first-order chi connectivity index (χ1) is 12.2. The summed E-state index contributed by atoms with van der Waals surface area (Å²) >= 11 is 0. The highest BCUT2D eigenvalue weighted by molar-refractivity contribution is 5.93. The Balaban J connectivity index is 2.34. The Morgan fingerprint density at radius 1 is 1.04 bits per heavy atom. The Morgan fingerprint density at radius 2 is 1.69 bits per heavy atom. The summed E-state index contributed by atoms with van der Waals surface area (Å²) in [6.45, 7) is 8.45. The summed E-state index contributed by atoms with van der Waals surface area (Å²) in [6, 6.07) is 6.62. The second-order valence-corrected chi connectivity index (χ2v) is 7.22. The molecular weight excluding hydrogens is 332 g/mol. The molecule has 0 atom stereocenters. The van der Waals surface area contributed by atoms with Crippen molar-refractivity contribution in [2.24, 2.45) is 5.41 Å². The number of hydrogen-bond donors (Lipinski definition) is 2. The second kappa shape index (κ2) is 10.6. The van der Waals surface area contributed by atoms with Gasteiger partial charge in [0.15, 0.2) is 0 Å². The number of hydrogen-bond acceptors (Lipinski definition) is 4. The van der Waals surface area contributed by atoms with Gasteiger partial charge in [-0.2, -0.15) is 0 Å². The molecule has 1 rings (SSSR count). The number of amides is 2. The van der Waals surface area contributed by atoms with Gasteiger partial charge in [0.25, 0.3) is 0 Å². The van der Waals surface area contributed by atoms with E-state index in [0.29, 0.717) is 37.2 Å². The van der Waals surface area contributed by atoms with E-state index >= 15 is 0 Å². The number of rotatable bonds is 9. The van der Waals surface area contributed by atoms with Crippen molar-refractivity contribution < 1.29 is 19.1 Å². The van der Waals surface area contributed by atoms with Gasteiger partial charge in [-0.15, -0.1) is 0 Å². The van der Waals surface area contributed by atoms with Gasteiger partial charge in [-0.05, 0) is 37.1 Å². The number of carbonyl (C=O) groups excluding carboxylic acids is 3. The molecular formula is C20H30N2O4. The zero-order valence-electron chi connectivity index (χ0n) is 16.2. The Hall–Kier alpha value is -2.37. The molecule has 0 aromatic heterocycles. The van der Waals surface area contributed by atoms with Crippen LogP contribution >= 0.6 is 0 Å². The van der Waals surface area contributed by atoms with Gasteiger partial charge >= 0.3 is 5.97 Å². The average Bonchev–Trinajstić information content (AvgIpc) is 2.58. The standard InChI is InChI=1S/C20H30N2O4/c1-5-6-14-26-18(24)15-9-11-16(12-10-15)22-17(23)8-7-13-21-19(25)20(2,3)4/h9-12H,5-8,13-14H2,1-4H3,(H,21,25)(H,22,23). The maximum absolute atomic E-state index is 11.9. The van der Waals surface area contributed by atoms with Crippen molar-refractivity contribution >= 4 is 23.5 Å². The van der Waals surface area contributed by atoms with Crippen LogP contribution in [0.4, 0.5) is 5.69 Å².